The van der Waals surface area contributed by atoms with Crippen LogP contribution in [-0.4, -0.2) is 36.8 Å². The standard InChI is InChI=1S/C29H27BrN2O7S/c1-6-12-38-20-10-8-19(9-11-20)25-24(28(35)37-7-2)16(3)31-29-32(25)27(34)23(40-29)15-18-13-21(30)26(39-17(4)33)22(14-18)36-5/h6,8-11,13-15,25H,1,7,12H2,2-5H3/b23-15-/t25-/m1/s1. The Hall–Kier alpha value is -3.96. The summed E-state index contributed by atoms with van der Waals surface area (Å²) >= 11 is 4.61. The summed E-state index contributed by atoms with van der Waals surface area (Å²) in [7, 11) is 1.46. The molecule has 208 valence electrons. The highest BCUT2D eigenvalue weighted by Crippen LogP contribution is 2.37. The second kappa shape index (κ2) is 12.5. The molecule has 3 aromatic rings. The number of nitrogens with zero attached hydrogens (tertiary/aromatic N) is 2. The molecule has 0 saturated carbocycles. The number of hydrogen-bond acceptors (Lipinski definition) is 9. The maximum absolute atomic E-state index is 13.9. The van der Waals surface area contributed by atoms with Gasteiger partial charge in [-0.2, -0.15) is 0 Å². The van der Waals surface area contributed by atoms with Crippen molar-refractivity contribution in [2.75, 3.05) is 20.3 Å². The topological polar surface area (TPSA) is 105 Å². The summed E-state index contributed by atoms with van der Waals surface area (Å²) < 4.78 is 24.0. The number of carbonyl (C=O) groups is 2. The number of aromatic nitrogens is 1. The minimum Gasteiger partial charge on any atom is -0.493 e. The number of esters is 2. The third-order valence-corrected chi connectivity index (χ3v) is 7.45. The summed E-state index contributed by atoms with van der Waals surface area (Å²) in [5.74, 6) is 0.161. The highest BCUT2D eigenvalue weighted by atomic mass is 79.9. The van der Waals surface area contributed by atoms with Crippen LogP contribution >= 0.6 is 27.3 Å². The molecule has 0 fully saturated rings. The average molecular weight is 628 g/mol. The molecule has 0 N–H and O–H groups in total. The first-order chi connectivity index (χ1) is 19.2. The number of allylic oxidation sites excluding steroid dienone is 1. The number of hydrogen-bond donors (Lipinski definition) is 0. The van der Waals surface area contributed by atoms with Crippen molar-refractivity contribution in [1.82, 2.24) is 4.57 Å². The average Bonchev–Trinajstić information content (AvgIpc) is 3.22. The van der Waals surface area contributed by atoms with Gasteiger partial charge in [0.25, 0.3) is 5.56 Å². The van der Waals surface area contributed by atoms with E-state index in [1.54, 1.807) is 50.3 Å². The van der Waals surface area contributed by atoms with Crippen molar-refractivity contribution in [3.8, 4) is 17.2 Å². The number of rotatable bonds is 9. The van der Waals surface area contributed by atoms with Crippen LogP contribution in [0.2, 0.25) is 0 Å². The van der Waals surface area contributed by atoms with Gasteiger partial charge >= 0.3 is 11.9 Å². The third kappa shape index (κ3) is 5.95. The smallest absolute Gasteiger partial charge is 0.338 e. The van der Waals surface area contributed by atoms with E-state index in [0.717, 1.165) is 0 Å². The van der Waals surface area contributed by atoms with Crippen LogP contribution in [0.3, 0.4) is 0 Å². The molecule has 11 heteroatoms. The fourth-order valence-electron chi connectivity index (χ4n) is 4.23. The lowest BCUT2D eigenvalue weighted by atomic mass is 9.96. The molecule has 2 heterocycles. The quantitative estimate of drug-likeness (QED) is 0.200. The Morgan fingerprint density at radius 2 is 1.95 bits per heavy atom. The van der Waals surface area contributed by atoms with Gasteiger partial charge in [0, 0.05) is 6.92 Å². The fraction of sp³-hybridized carbons (Fsp3) is 0.241. The van der Waals surface area contributed by atoms with Crippen LogP contribution in [0.1, 0.15) is 37.9 Å². The van der Waals surface area contributed by atoms with Crippen molar-refractivity contribution in [3.63, 3.8) is 0 Å². The Morgan fingerprint density at radius 3 is 2.58 bits per heavy atom. The van der Waals surface area contributed by atoms with Gasteiger partial charge in [-0.05, 0) is 71.2 Å². The number of fused-ring (bicyclic) bond motifs is 1. The van der Waals surface area contributed by atoms with Crippen LogP contribution in [0.5, 0.6) is 17.2 Å². The number of thiazole rings is 1. The maximum atomic E-state index is 13.9. The van der Waals surface area contributed by atoms with E-state index in [-0.39, 0.29) is 23.5 Å². The molecule has 1 aliphatic rings. The second-order valence-corrected chi connectivity index (χ2v) is 10.5. The van der Waals surface area contributed by atoms with E-state index in [1.807, 2.05) is 12.1 Å². The van der Waals surface area contributed by atoms with Crippen LogP contribution < -0.4 is 29.1 Å². The molecule has 2 aromatic carbocycles. The van der Waals surface area contributed by atoms with Gasteiger partial charge in [-0.25, -0.2) is 9.79 Å². The van der Waals surface area contributed by atoms with Gasteiger partial charge in [-0.1, -0.05) is 36.1 Å². The van der Waals surface area contributed by atoms with Gasteiger partial charge < -0.3 is 18.9 Å². The van der Waals surface area contributed by atoms with E-state index in [1.165, 1.54) is 29.9 Å². The van der Waals surface area contributed by atoms with Crippen molar-refractivity contribution in [2.24, 2.45) is 4.99 Å². The fourth-order valence-corrected chi connectivity index (χ4v) is 5.81. The van der Waals surface area contributed by atoms with Crippen LogP contribution in [0.25, 0.3) is 6.08 Å². The van der Waals surface area contributed by atoms with Crippen molar-refractivity contribution < 1.29 is 28.5 Å². The lowest BCUT2D eigenvalue weighted by molar-refractivity contribution is -0.139. The Morgan fingerprint density at radius 1 is 1.23 bits per heavy atom. The van der Waals surface area contributed by atoms with Crippen LogP contribution in [0.15, 0.2) is 74.6 Å². The summed E-state index contributed by atoms with van der Waals surface area (Å²) in [4.78, 5) is 43.5. The minimum absolute atomic E-state index is 0.182. The SMILES string of the molecule is C=CCOc1ccc([C@@H]2C(C(=O)OCC)=C(C)N=c3s/c(=C\c4cc(Br)c(OC(C)=O)c(OC)c4)c(=O)n32)cc1. The first-order valence-corrected chi connectivity index (χ1v) is 13.9. The van der Waals surface area contributed by atoms with Gasteiger partial charge in [0.1, 0.15) is 12.4 Å². The van der Waals surface area contributed by atoms with Gasteiger partial charge in [-0.15, -0.1) is 0 Å². The lowest BCUT2D eigenvalue weighted by Gasteiger charge is -2.24. The summed E-state index contributed by atoms with van der Waals surface area (Å²) in [6, 6.07) is 9.81. The van der Waals surface area contributed by atoms with Gasteiger partial charge in [-0.3, -0.25) is 14.2 Å². The molecule has 1 aliphatic heterocycles. The minimum atomic E-state index is -0.751. The summed E-state index contributed by atoms with van der Waals surface area (Å²) in [5, 5.41) is 0. The predicted molar refractivity (Wildman–Crippen MR) is 155 cm³/mol. The van der Waals surface area contributed by atoms with E-state index >= 15 is 0 Å². The molecule has 0 unspecified atom stereocenters. The monoisotopic (exact) mass is 626 g/mol. The van der Waals surface area contributed by atoms with E-state index in [9.17, 15) is 14.4 Å². The summed E-state index contributed by atoms with van der Waals surface area (Å²) in [6.45, 7) is 8.94. The normalized spacial score (nSPS) is 14.7. The molecule has 0 amide bonds. The molecule has 0 spiro atoms. The molecule has 0 radical (unpaired) electrons. The molecule has 0 aliphatic carbocycles. The molecule has 9 nitrogen and oxygen atoms in total. The van der Waals surface area contributed by atoms with E-state index < -0.39 is 18.0 Å². The van der Waals surface area contributed by atoms with E-state index in [2.05, 4.69) is 27.5 Å². The number of ether oxygens (including phenoxy) is 4. The maximum Gasteiger partial charge on any atom is 0.338 e. The van der Waals surface area contributed by atoms with Gasteiger partial charge in [0.05, 0.1) is 40.0 Å². The molecule has 1 aromatic heterocycles. The Kier molecular flexibility index (Phi) is 9.06. The molecule has 4 rings (SSSR count). The largest absolute Gasteiger partial charge is 0.493 e. The van der Waals surface area contributed by atoms with Crippen LogP contribution in [0.4, 0.5) is 0 Å². The second-order valence-electron chi connectivity index (χ2n) is 8.60. The highest BCUT2D eigenvalue weighted by molar-refractivity contribution is 9.10. The highest BCUT2D eigenvalue weighted by Gasteiger charge is 2.33. The number of halogens is 1. The van der Waals surface area contributed by atoms with Gasteiger partial charge in [0.2, 0.25) is 0 Å². The van der Waals surface area contributed by atoms with E-state index in [0.29, 0.717) is 48.7 Å². The molecule has 0 bridgehead atoms. The number of methoxy groups -OCH3 is 1. The lowest BCUT2D eigenvalue weighted by Crippen LogP contribution is -2.39. The van der Waals surface area contributed by atoms with Crippen molar-refractivity contribution in [3.05, 3.63) is 95.6 Å². The summed E-state index contributed by atoms with van der Waals surface area (Å²) in [6.07, 6.45) is 3.34. The van der Waals surface area contributed by atoms with Gasteiger partial charge in [0.15, 0.2) is 16.3 Å². The molecule has 1 atom stereocenters. The number of carbonyl (C=O) groups excluding carboxylic acids is 2. The Labute approximate surface area is 242 Å². The Bertz CT molecular complexity index is 1690. The first-order valence-electron chi connectivity index (χ1n) is 12.3. The first kappa shape index (κ1) is 29.0. The zero-order valence-electron chi connectivity index (χ0n) is 22.4. The van der Waals surface area contributed by atoms with Crippen LogP contribution in [0, 0.1) is 0 Å². The summed E-state index contributed by atoms with van der Waals surface area (Å²) in [5.41, 5.74) is 1.76. The van der Waals surface area contributed by atoms with Crippen LogP contribution in [-0.2, 0) is 14.3 Å². The van der Waals surface area contributed by atoms with E-state index in [4.69, 9.17) is 18.9 Å². The zero-order chi connectivity index (χ0) is 29.0. The predicted octanol–water partition coefficient (Wildman–Crippen LogP) is 4.06. The third-order valence-electron chi connectivity index (χ3n) is 5.88. The number of benzene rings is 2. The molecular formula is C29H27BrN2O7S. The Balaban J connectivity index is 1.88. The molecule has 0 saturated heterocycles. The zero-order valence-corrected chi connectivity index (χ0v) is 24.8. The van der Waals surface area contributed by atoms with Crippen molar-refractivity contribution in [2.45, 2.75) is 26.8 Å². The van der Waals surface area contributed by atoms with Crippen molar-refractivity contribution >= 4 is 45.3 Å². The molecular weight excluding hydrogens is 600 g/mol. The molecule has 40 heavy (non-hydrogen) atoms. The van der Waals surface area contributed by atoms with Crippen molar-refractivity contribution in [1.29, 1.82) is 0 Å².